The monoisotopic (exact) mass is 392 g/mol. The zero-order valence-corrected chi connectivity index (χ0v) is 16.8. The number of rotatable bonds is 4. The van der Waals surface area contributed by atoms with Gasteiger partial charge in [-0.1, -0.05) is 6.42 Å². The van der Waals surface area contributed by atoms with Crippen LogP contribution in [-0.2, 0) is 4.74 Å². The number of amides is 2. The molecule has 2 saturated heterocycles. The van der Waals surface area contributed by atoms with Crippen LogP contribution in [0, 0.1) is 0 Å². The predicted octanol–water partition coefficient (Wildman–Crippen LogP) is 3.91. The summed E-state index contributed by atoms with van der Waals surface area (Å²) in [5.41, 5.74) is -0.244. The molecule has 0 radical (unpaired) electrons. The van der Waals surface area contributed by atoms with Crippen LogP contribution in [0.15, 0.2) is 11.4 Å². The van der Waals surface area contributed by atoms with E-state index in [0.717, 1.165) is 45.1 Å². The summed E-state index contributed by atoms with van der Waals surface area (Å²) in [6.45, 7) is 4.54. The van der Waals surface area contributed by atoms with Gasteiger partial charge >= 0.3 is 6.09 Å². The summed E-state index contributed by atoms with van der Waals surface area (Å²) in [7, 11) is 0. The molecule has 148 valence electrons. The highest BCUT2D eigenvalue weighted by molar-refractivity contribution is 7.12. The first-order valence-electron chi connectivity index (χ1n) is 10.1. The zero-order valence-electron chi connectivity index (χ0n) is 15.9. The van der Waals surface area contributed by atoms with Crippen LogP contribution in [0.4, 0.5) is 4.79 Å². The van der Waals surface area contributed by atoms with E-state index in [1.165, 1.54) is 17.8 Å². The lowest BCUT2D eigenvalue weighted by Crippen LogP contribution is -2.48. The Morgan fingerprint density at radius 2 is 2.04 bits per heavy atom. The molecule has 3 fully saturated rings. The molecule has 7 heteroatoms. The van der Waals surface area contributed by atoms with Crippen molar-refractivity contribution in [2.75, 3.05) is 26.2 Å². The summed E-state index contributed by atoms with van der Waals surface area (Å²) in [6, 6.07) is 2.04. The molecule has 0 atom stereocenters. The first-order chi connectivity index (χ1) is 13.1. The van der Waals surface area contributed by atoms with Crippen molar-refractivity contribution in [2.24, 2.45) is 0 Å². The highest BCUT2D eigenvalue weighted by Crippen LogP contribution is 2.39. The Hall–Kier alpha value is -1.76. The molecule has 0 aromatic carbocycles. The van der Waals surface area contributed by atoms with E-state index in [9.17, 15) is 9.59 Å². The van der Waals surface area contributed by atoms with Crippen LogP contribution in [0.1, 0.15) is 61.5 Å². The van der Waals surface area contributed by atoms with Crippen molar-refractivity contribution < 1.29 is 19.1 Å². The summed E-state index contributed by atoms with van der Waals surface area (Å²) in [5.74, 6) is 0.719. The van der Waals surface area contributed by atoms with Gasteiger partial charge in [-0.15, -0.1) is 11.3 Å². The molecule has 1 spiro atoms. The van der Waals surface area contributed by atoms with E-state index in [-0.39, 0.29) is 23.6 Å². The topological polar surface area (TPSA) is 59.1 Å². The third-order valence-corrected chi connectivity index (χ3v) is 6.96. The largest absolute Gasteiger partial charge is 0.492 e. The van der Waals surface area contributed by atoms with Gasteiger partial charge in [-0.25, -0.2) is 4.79 Å². The third-order valence-electron chi connectivity index (χ3n) is 6.08. The Labute approximate surface area is 164 Å². The molecule has 2 amide bonds. The van der Waals surface area contributed by atoms with E-state index < -0.39 is 0 Å². The van der Waals surface area contributed by atoms with Crippen LogP contribution in [0.2, 0.25) is 0 Å². The Bertz CT molecular complexity index is 690. The van der Waals surface area contributed by atoms with E-state index in [1.54, 1.807) is 0 Å². The second-order valence-electron chi connectivity index (χ2n) is 7.81. The minimum absolute atomic E-state index is 0.0413. The summed E-state index contributed by atoms with van der Waals surface area (Å²) in [5, 5.41) is 1.90. The first-order valence-corrected chi connectivity index (χ1v) is 11.0. The van der Waals surface area contributed by atoms with Crippen molar-refractivity contribution in [2.45, 2.75) is 63.5 Å². The quantitative estimate of drug-likeness (QED) is 0.780. The van der Waals surface area contributed by atoms with Gasteiger partial charge in [0.1, 0.15) is 16.2 Å². The molecule has 3 heterocycles. The molecule has 3 aliphatic rings. The lowest BCUT2D eigenvalue weighted by atomic mass is 9.84. The van der Waals surface area contributed by atoms with Crippen molar-refractivity contribution in [3.8, 4) is 5.75 Å². The highest BCUT2D eigenvalue weighted by Gasteiger charge is 2.48. The SMILES string of the molecule is CCOc1ccsc1C(=O)N1CCC(N2CC3(CCCCC3)OC2=O)CC1. The molecule has 0 unspecified atom stereocenters. The Balaban J connectivity index is 1.35. The minimum Gasteiger partial charge on any atom is -0.492 e. The predicted molar refractivity (Wildman–Crippen MR) is 103 cm³/mol. The van der Waals surface area contributed by atoms with Crippen LogP contribution in [-0.4, -0.2) is 59.7 Å². The molecule has 1 aliphatic carbocycles. The molecule has 0 N–H and O–H groups in total. The smallest absolute Gasteiger partial charge is 0.410 e. The third kappa shape index (κ3) is 3.66. The van der Waals surface area contributed by atoms with E-state index in [2.05, 4.69) is 0 Å². The number of nitrogens with zero attached hydrogens (tertiary/aromatic N) is 2. The Morgan fingerprint density at radius 3 is 2.74 bits per heavy atom. The van der Waals surface area contributed by atoms with Gasteiger partial charge in [0, 0.05) is 19.1 Å². The lowest BCUT2D eigenvalue weighted by Gasteiger charge is -2.36. The van der Waals surface area contributed by atoms with E-state index in [1.807, 2.05) is 28.2 Å². The summed E-state index contributed by atoms with van der Waals surface area (Å²) < 4.78 is 11.4. The maximum absolute atomic E-state index is 12.8. The van der Waals surface area contributed by atoms with Gasteiger partial charge in [0.25, 0.3) is 5.91 Å². The molecule has 4 rings (SSSR count). The summed E-state index contributed by atoms with van der Waals surface area (Å²) in [6.07, 6.45) is 6.99. The number of carbonyl (C=O) groups is 2. The number of hydrogen-bond acceptors (Lipinski definition) is 5. The molecule has 2 aliphatic heterocycles. The molecule has 1 aromatic heterocycles. The van der Waals surface area contributed by atoms with Crippen LogP contribution in [0.25, 0.3) is 0 Å². The number of piperidine rings is 1. The standard InChI is InChI=1S/C20H28N2O4S/c1-2-25-16-8-13-27-17(16)18(23)21-11-6-15(7-12-21)22-14-20(26-19(22)24)9-4-3-5-10-20/h8,13,15H,2-7,9-12,14H2,1H3. The minimum atomic E-state index is -0.244. The van der Waals surface area contributed by atoms with E-state index in [0.29, 0.717) is 30.3 Å². The number of thiophene rings is 1. The summed E-state index contributed by atoms with van der Waals surface area (Å²) >= 11 is 1.43. The fourth-order valence-corrected chi connectivity index (χ4v) is 5.43. The van der Waals surface area contributed by atoms with Crippen LogP contribution in [0.3, 0.4) is 0 Å². The van der Waals surface area contributed by atoms with Gasteiger partial charge in [-0.3, -0.25) is 4.79 Å². The fourth-order valence-electron chi connectivity index (χ4n) is 4.63. The number of hydrogen-bond donors (Lipinski definition) is 0. The van der Waals surface area contributed by atoms with E-state index in [4.69, 9.17) is 9.47 Å². The molecule has 27 heavy (non-hydrogen) atoms. The zero-order chi connectivity index (χ0) is 18.9. The van der Waals surface area contributed by atoms with Crippen LogP contribution in [0.5, 0.6) is 5.75 Å². The maximum atomic E-state index is 12.8. The van der Waals surface area contributed by atoms with E-state index >= 15 is 0 Å². The normalized spacial score (nSPS) is 22.9. The van der Waals surface area contributed by atoms with Gasteiger partial charge in [-0.2, -0.15) is 0 Å². The van der Waals surface area contributed by atoms with Crippen LogP contribution < -0.4 is 4.74 Å². The molecule has 1 saturated carbocycles. The van der Waals surface area contributed by atoms with Gasteiger partial charge in [0.15, 0.2) is 0 Å². The number of ether oxygens (including phenoxy) is 2. The second-order valence-corrected chi connectivity index (χ2v) is 8.73. The summed E-state index contributed by atoms with van der Waals surface area (Å²) in [4.78, 5) is 29.8. The molecular formula is C20H28N2O4S. The van der Waals surface area contributed by atoms with Gasteiger partial charge in [0.05, 0.1) is 13.2 Å². The van der Waals surface area contributed by atoms with Crippen molar-refractivity contribution in [1.82, 2.24) is 9.80 Å². The number of likely N-dealkylation sites (tertiary alicyclic amines) is 1. The molecule has 1 aromatic rings. The number of carbonyl (C=O) groups excluding carboxylic acids is 2. The Morgan fingerprint density at radius 1 is 1.30 bits per heavy atom. The Kier molecular flexibility index (Phi) is 5.30. The average molecular weight is 393 g/mol. The average Bonchev–Trinajstić information content (AvgIpc) is 3.27. The van der Waals surface area contributed by atoms with Crippen molar-refractivity contribution in [3.05, 3.63) is 16.3 Å². The second kappa shape index (κ2) is 7.70. The van der Waals surface area contributed by atoms with Gasteiger partial charge in [-0.05, 0) is 56.9 Å². The molecule has 0 bridgehead atoms. The van der Waals surface area contributed by atoms with Crippen LogP contribution >= 0.6 is 11.3 Å². The fraction of sp³-hybridized carbons (Fsp3) is 0.700. The van der Waals surface area contributed by atoms with Crippen molar-refractivity contribution in [1.29, 1.82) is 0 Å². The van der Waals surface area contributed by atoms with Gasteiger partial charge < -0.3 is 19.3 Å². The molecular weight excluding hydrogens is 364 g/mol. The first kappa shape index (κ1) is 18.6. The van der Waals surface area contributed by atoms with Gasteiger partial charge in [0.2, 0.25) is 0 Å². The van der Waals surface area contributed by atoms with Crippen molar-refractivity contribution in [3.63, 3.8) is 0 Å². The van der Waals surface area contributed by atoms with Crippen molar-refractivity contribution >= 4 is 23.3 Å². The maximum Gasteiger partial charge on any atom is 0.410 e. The molecule has 6 nitrogen and oxygen atoms in total. The highest BCUT2D eigenvalue weighted by atomic mass is 32.1. The lowest BCUT2D eigenvalue weighted by molar-refractivity contribution is 0.0259.